The van der Waals surface area contributed by atoms with E-state index in [2.05, 4.69) is 10.3 Å². The van der Waals surface area contributed by atoms with E-state index in [1.807, 2.05) is 18.2 Å². The number of methoxy groups -OCH3 is 2. The van der Waals surface area contributed by atoms with Crippen LogP contribution in [0, 0.1) is 0 Å². The number of fused-ring (bicyclic) bond motifs is 1. The minimum atomic E-state index is -0.642. The predicted molar refractivity (Wildman–Crippen MR) is 111 cm³/mol. The molecule has 152 valence electrons. The zero-order valence-electron chi connectivity index (χ0n) is 16.7. The molecular weight excluding hydrogens is 372 g/mol. The van der Waals surface area contributed by atoms with Crippen LogP contribution in [-0.4, -0.2) is 37.8 Å². The fraction of sp³-hybridized carbons (Fsp3) is 0.273. The van der Waals surface area contributed by atoms with E-state index in [4.69, 9.17) is 14.2 Å². The number of carbonyl (C=O) groups excluding carboxylic acids is 1. The van der Waals surface area contributed by atoms with Gasteiger partial charge in [-0.25, -0.2) is 0 Å². The van der Waals surface area contributed by atoms with Crippen molar-refractivity contribution in [1.82, 2.24) is 10.3 Å². The van der Waals surface area contributed by atoms with Crippen LogP contribution in [-0.2, 0) is 11.2 Å². The minimum absolute atomic E-state index is 0.230. The molecule has 1 amide bonds. The molecule has 3 aromatic rings. The maximum Gasteiger partial charge on any atom is 0.260 e. The molecule has 0 saturated carbocycles. The molecule has 0 radical (unpaired) electrons. The molecular formula is C22H24N2O5. The Bertz CT molecular complexity index is 1050. The summed E-state index contributed by atoms with van der Waals surface area (Å²) in [6.45, 7) is 1.99. The molecule has 0 fully saturated rings. The number of hydrogen-bond acceptors (Lipinski definition) is 5. The number of nitrogens with one attached hydrogen (secondary N) is 2. The van der Waals surface area contributed by atoms with Crippen LogP contribution in [0.2, 0.25) is 0 Å². The van der Waals surface area contributed by atoms with Crippen LogP contribution >= 0.6 is 0 Å². The number of aromatic amines is 1. The van der Waals surface area contributed by atoms with Crippen molar-refractivity contribution in [3.05, 3.63) is 64.4 Å². The van der Waals surface area contributed by atoms with Gasteiger partial charge in [0, 0.05) is 17.5 Å². The Hall–Kier alpha value is -3.48. The van der Waals surface area contributed by atoms with Crippen LogP contribution in [0.5, 0.6) is 17.2 Å². The van der Waals surface area contributed by atoms with Crippen molar-refractivity contribution in [3.8, 4) is 17.2 Å². The van der Waals surface area contributed by atoms with Gasteiger partial charge in [-0.2, -0.15) is 0 Å². The summed E-state index contributed by atoms with van der Waals surface area (Å²) in [7, 11) is 3.11. The van der Waals surface area contributed by atoms with Gasteiger partial charge in [0.15, 0.2) is 6.10 Å². The van der Waals surface area contributed by atoms with Gasteiger partial charge < -0.3 is 24.5 Å². The highest BCUT2D eigenvalue weighted by atomic mass is 16.5. The number of aromatic nitrogens is 1. The van der Waals surface area contributed by atoms with Gasteiger partial charge in [0.25, 0.3) is 11.5 Å². The molecule has 7 heteroatoms. The lowest BCUT2D eigenvalue weighted by Crippen LogP contribution is -2.37. The van der Waals surface area contributed by atoms with Crippen molar-refractivity contribution in [2.45, 2.75) is 19.4 Å². The first-order valence-electron chi connectivity index (χ1n) is 9.29. The van der Waals surface area contributed by atoms with Crippen LogP contribution in [0.1, 0.15) is 12.5 Å². The van der Waals surface area contributed by atoms with Crippen molar-refractivity contribution < 1.29 is 19.0 Å². The molecule has 1 atom stereocenters. The Morgan fingerprint density at radius 1 is 1.07 bits per heavy atom. The predicted octanol–water partition coefficient (Wildman–Crippen LogP) is 2.67. The van der Waals surface area contributed by atoms with Crippen LogP contribution < -0.4 is 25.1 Å². The molecule has 1 heterocycles. The minimum Gasteiger partial charge on any atom is -0.496 e. The summed E-state index contributed by atoms with van der Waals surface area (Å²) in [6, 6.07) is 14.4. The van der Waals surface area contributed by atoms with E-state index in [-0.39, 0.29) is 11.5 Å². The fourth-order valence-electron chi connectivity index (χ4n) is 3.04. The smallest absolute Gasteiger partial charge is 0.260 e. The molecule has 1 aromatic heterocycles. The van der Waals surface area contributed by atoms with E-state index in [9.17, 15) is 9.59 Å². The zero-order valence-corrected chi connectivity index (χ0v) is 16.7. The van der Waals surface area contributed by atoms with Gasteiger partial charge >= 0.3 is 0 Å². The summed E-state index contributed by atoms with van der Waals surface area (Å²) < 4.78 is 16.3. The van der Waals surface area contributed by atoms with E-state index < -0.39 is 6.10 Å². The standard InChI is InChI=1S/C22H24N2O5/c1-14(29-16-7-5-4-6-8-16)21(25)23-12-11-15-13-17-18(27-2)9-10-19(28-3)20(17)24-22(15)26/h4-10,13-14H,11-12H2,1-3H3,(H,23,25)(H,24,26)/t14-/m0/s1. The van der Waals surface area contributed by atoms with Crippen molar-refractivity contribution in [3.63, 3.8) is 0 Å². The third-order valence-corrected chi connectivity index (χ3v) is 4.57. The molecule has 0 saturated heterocycles. The fourth-order valence-corrected chi connectivity index (χ4v) is 3.04. The van der Waals surface area contributed by atoms with Crippen LogP contribution in [0.4, 0.5) is 0 Å². The first-order chi connectivity index (χ1) is 14.0. The first-order valence-corrected chi connectivity index (χ1v) is 9.29. The van der Waals surface area contributed by atoms with E-state index in [0.29, 0.717) is 41.3 Å². The molecule has 2 N–H and O–H groups in total. The molecule has 0 unspecified atom stereocenters. The van der Waals surface area contributed by atoms with Crippen molar-refractivity contribution >= 4 is 16.8 Å². The average molecular weight is 396 g/mol. The molecule has 0 aliphatic carbocycles. The molecule has 0 aliphatic rings. The van der Waals surface area contributed by atoms with Crippen LogP contribution in [0.25, 0.3) is 10.9 Å². The maximum atomic E-state index is 12.5. The molecule has 0 bridgehead atoms. The van der Waals surface area contributed by atoms with Gasteiger partial charge in [-0.3, -0.25) is 9.59 Å². The first kappa shape index (κ1) is 20.3. The normalized spacial score (nSPS) is 11.7. The lowest BCUT2D eigenvalue weighted by molar-refractivity contribution is -0.127. The highest BCUT2D eigenvalue weighted by Crippen LogP contribution is 2.31. The third-order valence-electron chi connectivity index (χ3n) is 4.57. The van der Waals surface area contributed by atoms with Crippen molar-refractivity contribution in [2.24, 2.45) is 0 Å². The highest BCUT2D eigenvalue weighted by Gasteiger charge is 2.15. The number of benzene rings is 2. The summed E-state index contributed by atoms with van der Waals surface area (Å²) in [4.78, 5) is 27.6. The lowest BCUT2D eigenvalue weighted by atomic mass is 10.1. The molecule has 2 aromatic carbocycles. The van der Waals surface area contributed by atoms with E-state index in [1.54, 1.807) is 51.5 Å². The maximum absolute atomic E-state index is 12.5. The Morgan fingerprint density at radius 2 is 1.76 bits per heavy atom. The van der Waals surface area contributed by atoms with Crippen LogP contribution in [0.3, 0.4) is 0 Å². The number of hydrogen-bond donors (Lipinski definition) is 2. The highest BCUT2D eigenvalue weighted by molar-refractivity contribution is 5.90. The average Bonchev–Trinajstić information content (AvgIpc) is 2.74. The number of pyridine rings is 1. The molecule has 29 heavy (non-hydrogen) atoms. The van der Waals surface area contributed by atoms with Gasteiger partial charge in [-0.1, -0.05) is 18.2 Å². The SMILES string of the molecule is COc1ccc(OC)c2[nH]c(=O)c(CCNC(=O)[C@H](C)Oc3ccccc3)cc12. The van der Waals surface area contributed by atoms with Gasteiger partial charge in [0.2, 0.25) is 0 Å². The topological polar surface area (TPSA) is 89.7 Å². The van der Waals surface area contributed by atoms with Crippen LogP contribution in [0.15, 0.2) is 53.3 Å². The number of rotatable bonds is 8. The van der Waals surface area contributed by atoms with Crippen molar-refractivity contribution in [1.29, 1.82) is 0 Å². The largest absolute Gasteiger partial charge is 0.496 e. The second-order valence-electron chi connectivity index (χ2n) is 6.50. The Kier molecular flexibility index (Phi) is 6.39. The molecule has 7 nitrogen and oxygen atoms in total. The summed E-state index contributed by atoms with van der Waals surface area (Å²) in [6.07, 6.45) is -0.272. The lowest BCUT2D eigenvalue weighted by Gasteiger charge is -2.15. The molecule has 0 spiro atoms. The van der Waals surface area contributed by atoms with Gasteiger partial charge in [-0.15, -0.1) is 0 Å². The van der Waals surface area contributed by atoms with E-state index in [0.717, 1.165) is 5.39 Å². The number of amides is 1. The van der Waals surface area contributed by atoms with Gasteiger partial charge in [0.05, 0.1) is 19.7 Å². The summed E-state index contributed by atoms with van der Waals surface area (Å²) in [5.74, 6) is 1.57. The number of carbonyl (C=O) groups is 1. The second-order valence-corrected chi connectivity index (χ2v) is 6.50. The Labute approximate surface area is 168 Å². The zero-order chi connectivity index (χ0) is 20.8. The Balaban J connectivity index is 1.68. The Morgan fingerprint density at radius 3 is 2.45 bits per heavy atom. The number of H-pyrrole nitrogens is 1. The van der Waals surface area contributed by atoms with Crippen molar-refractivity contribution in [2.75, 3.05) is 20.8 Å². The second kappa shape index (κ2) is 9.14. The monoisotopic (exact) mass is 396 g/mol. The number of para-hydroxylation sites is 1. The summed E-state index contributed by atoms with van der Waals surface area (Å²) in [5, 5.41) is 3.55. The van der Waals surface area contributed by atoms with E-state index in [1.165, 1.54) is 0 Å². The van der Waals surface area contributed by atoms with Gasteiger partial charge in [-0.05, 0) is 43.7 Å². The van der Waals surface area contributed by atoms with E-state index >= 15 is 0 Å². The van der Waals surface area contributed by atoms with Gasteiger partial charge in [0.1, 0.15) is 17.2 Å². The molecule has 3 rings (SSSR count). The summed E-state index contributed by atoms with van der Waals surface area (Å²) >= 11 is 0. The number of ether oxygens (including phenoxy) is 3. The summed E-state index contributed by atoms with van der Waals surface area (Å²) in [5.41, 5.74) is 0.891. The third kappa shape index (κ3) is 4.68. The molecule has 0 aliphatic heterocycles. The quantitative estimate of drug-likeness (QED) is 0.611.